The van der Waals surface area contributed by atoms with Crippen molar-refractivity contribution in [3.63, 3.8) is 0 Å². The lowest BCUT2D eigenvalue weighted by atomic mass is 10.0. The number of rotatable bonds is 4. The molecule has 0 spiro atoms. The summed E-state index contributed by atoms with van der Waals surface area (Å²) in [6.45, 7) is 0. The largest absolute Gasteiger partial charge is 0.313 e. The fourth-order valence-electron chi connectivity index (χ4n) is 1.93. The zero-order chi connectivity index (χ0) is 13.1. The molecule has 0 aliphatic heterocycles. The first-order chi connectivity index (χ1) is 8.60. The van der Waals surface area contributed by atoms with Gasteiger partial charge in [0.05, 0.1) is 5.69 Å². The number of likely N-dealkylation sites (N-methyl/N-ethyl adjacent to an activating group) is 1. The van der Waals surface area contributed by atoms with Crippen molar-refractivity contribution in [2.75, 3.05) is 7.05 Å². The maximum absolute atomic E-state index is 13.7. The molecule has 1 unspecified atom stereocenters. The molecule has 0 saturated carbocycles. The first-order valence-corrected chi connectivity index (χ1v) is 5.71. The van der Waals surface area contributed by atoms with E-state index in [4.69, 9.17) is 0 Å². The minimum Gasteiger partial charge on any atom is -0.313 e. The van der Waals surface area contributed by atoms with Crippen LogP contribution in [0.25, 0.3) is 0 Å². The lowest BCUT2D eigenvalue weighted by Gasteiger charge is -2.16. The van der Waals surface area contributed by atoms with E-state index in [1.807, 2.05) is 19.3 Å². The maximum atomic E-state index is 13.7. The molecular formula is C13H15F2N3. The number of benzene rings is 1. The number of aryl methyl sites for hydroxylation is 1. The topological polar surface area (TPSA) is 29.9 Å². The van der Waals surface area contributed by atoms with Crippen LogP contribution < -0.4 is 5.32 Å². The van der Waals surface area contributed by atoms with Crippen molar-refractivity contribution >= 4 is 0 Å². The number of nitrogens with one attached hydrogen (secondary N) is 1. The number of halogens is 2. The van der Waals surface area contributed by atoms with E-state index in [0.29, 0.717) is 12.0 Å². The summed E-state index contributed by atoms with van der Waals surface area (Å²) in [7, 11) is 3.54. The third-order valence-electron chi connectivity index (χ3n) is 2.86. The van der Waals surface area contributed by atoms with Crippen LogP contribution in [0.4, 0.5) is 8.78 Å². The molecule has 0 bridgehead atoms. The quantitative estimate of drug-likeness (QED) is 0.902. The van der Waals surface area contributed by atoms with Gasteiger partial charge in [-0.05, 0) is 31.3 Å². The molecule has 1 aromatic carbocycles. The number of nitrogens with zero attached hydrogens (tertiary/aromatic N) is 2. The Morgan fingerprint density at radius 1 is 1.33 bits per heavy atom. The van der Waals surface area contributed by atoms with E-state index in [9.17, 15) is 8.78 Å². The molecule has 1 aromatic heterocycles. The lowest BCUT2D eigenvalue weighted by Crippen LogP contribution is -2.20. The van der Waals surface area contributed by atoms with E-state index in [0.717, 1.165) is 17.8 Å². The average molecular weight is 251 g/mol. The Kier molecular flexibility index (Phi) is 3.72. The number of hydrogen-bond acceptors (Lipinski definition) is 2. The smallest absolute Gasteiger partial charge is 0.128 e. The van der Waals surface area contributed by atoms with Crippen LogP contribution in [0.2, 0.25) is 0 Å². The Labute approximate surface area is 104 Å². The first kappa shape index (κ1) is 12.7. The molecule has 0 fully saturated rings. The van der Waals surface area contributed by atoms with E-state index >= 15 is 0 Å². The zero-order valence-electron chi connectivity index (χ0n) is 10.3. The van der Waals surface area contributed by atoms with Crippen LogP contribution in [0.5, 0.6) is 0 Å². The molecule has 1 atom stereocenters. The molecule has 0 aliphatic carbocycles. The number of hydrogen-bond donors (Lipinski definition) is 1. The molecule has 0 radical (unpaired) electrons. The van der Waals surface area contributed by atoms with E-state index in [1.54, 1.807) is 11.7 Å². The summed E-state index contributed by atoms with van der Waals surface area (Å²) in [5.41, 5.74) is 1.16. The van der Waals surface area contributed by atoms with Gasteiger partial charge in [-0.2, -0.15) is 5.10 Å². The van der Waals surface area contributed by atoms with Crippen LogP contribution in [-0.2, 0) is 13.5 Å². The molecule has 1 heterocycles. The van der Waals surface area contributed by atoms with Gasteiger partial charge in [-0.25, -0.2) is 8.78 Å². The minimum atomic E-state index is -0.437. The molecule has 5 heteroatoms. The highest BCUT2D eigenvalue weighted by atomic mass is 19.1. The predicted molar refractivity (Wildman–Crippen MR) is 65.1 cm³/mol. The van der Waals surface area contributed by atoms with Gasteiger partial charge in [-0.15, -0.1) is 0 Å². The summed E-state index contributed by atoms with van der Waals surface area (Å²) in [6.07, 6.45) is 2.34. The summed E-state index contributed by atoms with van der Waals surface area (Å²) in [4.78, 5) is 0. The van der Waals surface area contributed by atoms with Crippen LogP contribution in [0.1, 0.15) is 17.3 Å². The number of aromatic nitrogens is 2. The highest BCUT2D eigenvalue weighted by molar-refractivity contribution is 5.23. The Bertz CT molecular complexity index is 537. The van der Waals surface area contributed by atoms with Crippen molar-refractivity contribution in [3.05, 3.63) is 53.4 Å². The summed E-state index contributed by atoms with van der Waals surface area (Å²) < 4.78 is 28.5. The molecule has 1 N–H and O–H groups in total. The third kappa shape index (κ3) is 2.73. The average Bonchev–Trinajstić information content (AvgIpc) is 2.75. The molecular weight excluding hydrogens is 236 g/mol. The standard InChI is InChI=1S/C13H15F2N3/c1-16-13(8-10-5-6-18(2)17-10)11-7-9(14)3-4-12(11)15/h3-7,13,16H,8H2,1-2H3. The monoisotopic (exact) mass is 251 g/mol. The van der Waals surface area contributed by atoms with Gasteiger partial charge >= 0.3 is 0 Å². The summed E-state index contributed by atoms with van der Waals surface area (Å²) >= 11 is 0. The molecule has 0 aliphatic rings. The van der Waals surface area contributed by atoms with Gasteiger partial charge in [-0.1, -0.05) is 0 Å². The highest BCUT2D eigenvalue weighted by Gasteiger charge is 2.16. The van der Waals surface area contributed by atoms with E-state index in [2.05, 4.69) is 10.4 Å². The second kappa shape index (κ2) is 5.27. The van der Waals surface area contributed by atoms with Crippen LogP contribution in [-0.4, -0.2) is 16.8 Å². The second-order valence-electron chi connectivity index (χ2n) is 4.19. The van der Waals surface area contributed by atoms with Crippen LogP contribution in [0.15, 0.2) is 30.5 Å². The highest BCUT2D eigenvalue weighted by Crippen LogP contribution is 2.21. The Balaban J connectivity index is 2.25. The Morgan fingerprint density at radius 3 is 2.72 bits per heavy atom. The fraction of sp³-hybridized carbons (Fsp3) is 0.308. The lowest BCUT2D eigenvalue weighted by molar-refractivity contribution is 0.517. The molecule has 0 saturated heterocycles. The van der Waals surface area contributed by atoms with Crippen molar-refractivity contribution < 1.29 is 8.78 Å². The molecule has 2 aromatic rings. The fourth-order valence-corrected chi connectivity index (χ4v) is 1.93. The molecule has 0 amide bonds. The van der Waals surface area contributed by atoms with Gasteiger partial charge in [-0.3, -0.25) is 4.68 Å². The SMILES string of the molecule is CNC(Cc1ccn(C)n1)c1cc(F)ccc1F. The minimum absolute atomic E-state index is 0.296. The zero-order valence-corrected chi connectivity index (χ0v) is 10.3. The van der Waals surface area contributed by atoms with Crippen LogP contribution >= 0.6 is 0 Å². The van der Waals surface area contributed by atoms with Crippen LogP contribution in [0, 0.1) is 11.6 Å². The van der Waals surface area contributed by atoms with Gasteiger partial charge in [0.15, 0.2) is 0 Å². The Morgan fingerprint density at radius 2 is 2.11 bits per heavy atom. The predicted octanol–water partition coefficient (Wildman–Crippen LogP) is 2.20. The van der Waals surface area contributed by atoms with E-state index < -0.39 is 11.6 Å². The third-order valence-corrected chi connectivity index (χ3v) is 2.86. The second-order valence-corrected chi connectivity index (χ2v) is 4.19. The Hall–Kier alpha value is -1.75. The van der Waals surface area contributed by atoms with Crippen LogP contribution in [0.3, 0.4) is 0 Å². The van der Waals surface area contributed by atoms with Crippen molar-refractivity contribution in [1.82, 2.24) is 15.1 Å². The van der Waals surface area contributed by atoms with Gasteiger partial charge in [0.25, 0.3) is 0 Å². The van der Waals surface area contributed by atoms with Gasteiger partial charge in [0, 0.05) is 31.3 Å². The molecule has 3 nitrogen and oxygen atoms in total. The molecule has 2 rings (SSSR count). The first-order valence-electron chi connectivity index (χ1n) is 5.71. The van der Waals surface area contributed by atoms with Crippen molar-refractivity contribution in [2.24, 2.45) is 7.05 Å². The summed E-state index contributed by atoms with van der Waals surface area (Å²) in [5.74, 6) is -0.848. The maximum Gasteiger partial charge on any atom is 0.128 e. The molecule has 18 heavy (non-hydrogen) atoms. The van der Waals surface area contributed by atoms with Gasteiger partial charge < -0.3 is 5.32 Å². The van der Waals surface area contributed by atoms with Crippen molar-refractivity contribution in [2.45, 2.75) is 12.5 Å². The van der Waals surface area contributed by atoms with E-state index in [-0.39, 0.29) is 6.04 Å². The molecule has 96 valence electrons. The van der Waals surface area contributed by atoms with E-state index in [1.165, 1.54) is 6.07 Å². The summed E-state index contributed by atoms with van der Waals surface area (Å²) in [5, 5.41) is 7.22. The van der Waals surface area contributed by atoms with Gasteiger partial charge in [0.1, 0.15) is 11.6 Å². The van der Waals surface area contributed by atoms with Crippen molar-refractivity contribution in [3.8, 4) is 0 Å². The van der Waals surface area contributed by atoms with Crippen molar-refractivity contribution in [1.29, 1.82) is 0 Å². The summed E-state index contributed by atoms with van der Waals surface area (Å²) in [6, 6.07) is 5.05. The van der Waals surface area contributed by atoms with Gasteiger partial charge in [0.2, 0.25) is 0 Å². The normalized spacial score (nSPS) is 12.7.